The Kier molecular flexibility index (Phi) is 2.27. The normalized spacial score (nSPS) is 23.5. The van der Waals surface area contributed by atoms with Gasteiger partial charge in [-0.2, -0.15) is 0 Å². The molecule has 1 aromatic rings. The zero-order chi connectivity index (χ0) is 10.0. The van der Waals surface area contributed by atoms with Crippen molar-refractivity contribution in [2.45, 2.75) is 23.2 Å². The standard InChI is InChI=1S/C9H10N4S/c1-2-9(12-13-10)11-7-5-3-4-6-8(7)14-9/h3-6,11H,2H2,1H3. The van der Waals surface area contributed by atoms with Gasteiger partial charge >= 0.3 is 0 Å². The molecule has 0 saturated carbocycles. The van der Waals surface area contributed by atoms with Gasteiger partial charge in [0.25, 0.3) is 0 Å². The fourth-order valence-electron chi connectivity index (χ4n) is 1.43. The van der Waals surface area contributed by atoms with Gasteiger partial charge in [-0.05, 0) is 24.1 Å². The van der Waals surface area contributed by atoms with E-state index < -0.39 is 4.99 Å². The summed E-state index contributed by atoms with van der Waals surface area (Å²) in [5.41, 5.74) is 9.55. The molecule has 14 heavy (non-hydrogen) atoms. The van der Waals surface area contributed by atoms with Gasteiger partial charge in [-0.15, -0.1) is 0 Å². The molecule has 4 nitrogen and oxygen atoms in total. The summed E-state index contributed by atoms with van der Waals surface area (Å²) in [6.45, 7) is 2.00. The number of fused-ring (bicyclic) bond motifs is 1. The van der Waals surface area contributed by atoms with Crippen molar-refractivity contribution < 1.29 is 0 Å². The first-order valence-corrected chi connectivity index (χ1v) is 5.24. The van der Waals surface area contributed by atoms with Gasteiger partial charge in [0.2, 0.25) is 0 Å². The first-order valence-electron chi connectivity index (χ1n) is 4.42. The minimum atomic E-state index is -0.529. The highest BCUT2D eigenvalue weighted by atomic mass is 32.2. The maximum atomic E-state index is 8.51. The molecule has 1 aromatic carbocycles. The molecule has 1 heterocycles. The first kappa shape index (κ1) is 9.24. The van der Waals surface area contributed by atoms with Crippen molar-refractivity contribution in [3.63, 3.8) is 0 Å². The van der Waals surface area contributed by atoms with Crippen LogP contribution in [0, 0.1) is 0 Å². The van der Waals surface area contributed by atoms with E-state index in [1.165, 1.54) is 0 Å². The molecule has 0 bridgehead atoms. The predicted octanol–water partition coefficient (Wildman–Crippen LogP) is 3.58. The van der Waals surface area contributed by atoms with Gasteiger partial charge in [0.1, 0.15) is 0 Å². The number of rotatable bonds is 2. The number of para-hydroxylation sites is 1. The highest BCUT2D eigenvalue weighted by molar-refractivity contribution is 8.01. The highest BCUT2D eigenvalue weighted by Crippen LogP contribution is 2.47. The Morgan fingerprint density at radius 1 is 1.57 bits per heavy atom. The Morgan fingerprint density at radius 2 is 2.36 bits per heavy atom. The molecule has 2 rings (SSSR count). The van der Waals surface area contributed by atoms with Crippen LogP contribution in [0.15, 0.2) is 34.3 Å². The number of azide groups is 1. The molecule has 0 aromatic heterocycles. The van der Waals surface area contributed by atoms with E-state index in [-0.39, 0.29) is 0 Å². The van der Waals surface area contributed by atoms with Crippen molar-refractivity contribution in [2.75, 3.05) is 5.32 Å². The fraction of sp³-hybridized carbons (Fsp3) is 0.333. The summed E-state index contributed by atoms with van der Waals surface area (Å²) < 4.78 is 0. The summed E-state index contributed by atoms with van der Waals surface area (Å²) in [6.07, 6.45) is 0.760. The molecule has 1 atom stereocenters. The van der Waals surface area contributed by atoms with Crippen LogP contribution in [0.3, 0.4) is 0 Å². The molecule has 5 heteroatoms. The topological polar surface area (TPSA) is 60.8 Å². The first-order chi connectivity index (χ1) is 6.79. The second-order valence-electron chi connectivity index (χ2n) is 3.05. The SMILES string of the molecule is CCC1(N=[N+]=[N-])Nc2ccccc2S1. The van der Waals surface area contributed by atoms with Crippen molar-refractivity contribution in [1.82, 2.24) is 0 Å². The Hall–Kier alpha value is -1.32. The summed E-state index contributed by atoms with van der Waals surface area (Å²) in [6, 6.07) is 7.97. The molecule has 1 aliphatic heterocycles. The maximum absolute atomic E-state index is 8.51. The lowest BCUT2D eigenvalue weighted by atomic mass is 10.3. The number of thioether (sulfide) groups is 1. The Bertz CT molecular complexity index is 373. The lowest BCUT2D eigenvalue weighted by molar-refractivity contribution is 0.671. The molecule has 0 aliphatic carbocycles. The lowest BCUT2D eigenvalue weighted by Gasteiger charge is -2.20. The van der Waals surface area contributed by atoms with Crippen LogP contribution in [0.5, 0.6) is 0 Å². The number of nitrogens with one attached hydrogen (secondary N) is 1. The van der Waals surface area contributed by atoms with E-state index >= 15 is 0 Å². The summed E-state index contributed by atoms with van der Waals surface area (Å²) in [5, 5.41) is 7.06. The van der Waals surface area contributed by atoms with Crippen LogP contribution in [0.4, 0.5) is 5.69 Å². The molecule has 1 unspecified atom stereocenters. The van der Waals surface area contributed by atoms with Crippen molar-refractivity contribution in [3.05, 3.63) is 34.7 Å². The van der Waals surface area contributed by atoms with E-state index in [4.69, 9.17) is 5.53 Å². The van der Waals surface area contributed by atoms with Gasteiger partial charge in [-0.25, -0.2) is 0 Å². The molecule has 0 radical (unpaired) electrons. The maximum Gasteiger partial charge on any atom is 0.167 e. The van der Waals surface area contributed by atoms with E-state index in [9.17, 15) is 0 Å². The van der Waals surface area contributed by atoms with E-state index in [1.54, 1.807) is 11.8 Å². The summed E-state index contributed by atoms with van der Waals surface area (Å²) >= 11 is 1.58. The zero-order valence-electron chi connectivity index (χ0n) is 7.77. The molecular weight excluding hydrogens is 196 g/mol. The number of benzene rings is 1. The van der Waals surface area contributed by atoms with Crippen LogP contribution in [0.25, 0.3) is 10.4 Å². The average Bonchev–Trinajstić information content (AvgIpc) is 2.57. The van der Waals surface area contributed by atoms with E-state index in [0.717, 1.165) is 17.0 Å². The van der Waals surface area contributed by atoms with E-state index in [0.29, 0.717) is 0 Å². The van der Waals surface area contributed by atoms with E-state index in [1.807, 2.05) is 31.2 Å². The molecule has 72 valence electrons. The lowest BCUT2D eigenvalue weighted by Crippen LogP contribution is -2.26. The summed E-state index contributed by atoms with van der Waals surface area (Å²) in [5.74, 6) is 0. The van der Waals surface area contributed by atoms with Gasteiger partial charge in [0.15, 0.2) is 4.99 Å². The molecule has 1 N–H and O–H groups in total. The van der Waals surface area contributed by atoms with Crippen molar-refractivity contribution in [1.29, 1.82) is 0 Å². The average molecular weight is 206 g/mol. The third-order valence-corrected chi connectivity index (χ3v) is 3.57. The second kappa shape index (κ2) is 3.44. The minimum absolute atomic E-state index is 0.529. The monoisotopic (exact) mass is 206 g/mol. The van der Waals surface area contributed by atoms with Gasteiger partial charge < -0.3 is 5.32 Å². The molecule has 0 saturated heterocycles. The Labute approximate surface area is 86.3 Å². The van der Waals surface area contributed by atoms with Crippen LogP contribution < -0.4 is 5.32 Å². The quantitative estimate of drug-likeness (QED) is 0.456. The van der Waals surface area contributed by atoms with Crippen molar-refractivity contribution >= 4 is 17.4 Å². The second-order valence-corrected chi connectivity index (χ2v) is 4.37. The highest BCUT2D eigenvalue weighted by Gasteiger charge is 2.34. The largest absolute Gasteiger partial charge is 0.365 e. The number of nitrogens with zero attached hydrogens (tertiary/aromatic N) is 3. The van der Waals surface area contributed by atoms with E-state index in [2.05, 4.69) is 15.3 Å². The smallest absolute Gasteiger partial charge is 0.167 e. The summed E-state index contributed by atoms with van der Waals surface area (Å²) in [4.78, 5) is 3.50. The van der Waals surface area contributed by atoms with Crippen molar-refractivity contribution in [2.24, 2.45) is 5.11 Å². The number of anilines is 1. The Morgan fingerprint density at radius 3 is 3.00 bits per heavy atom. The van der Waals surface area contributed by atoms with Gasteiger partial charge in [-0.1, -0.05) is 35.9 Å². The summed E-state index contributed by atoms with van der Waals surface area (Å²) in [7, 11) is 0. The third kappa shape index (κ3) is 1.41. The molecule has 0 amide bonds. The molecule has 0 fully saturated rings. The number of hydrogen-bond donors (Lipinski definition) is 1. The molecule has 1 aliphatic rings. The van der Waals surface area contributed by atoms with Gasteiger partial charge in [0, 0.05) is 15.5 Å². The van der Waals surface area contributed by atoms with Gasteiger partial charge in [-0.3, -0.25) is 0 Å². The van der Waals surface area contributed by atoms with Crippen LogP contribution in [0.1, 0.15) is 13.3 Å². The zero-order valence-corrected chi connectivity index (χ0v) is 8.58. The third-order valence-electron chi connectivity index (χ3n) is 2.18. The number of hydrogen-bond acceptors (Lipinski definition) is 3. The van der Waals surface area contributed by atoms with Crippen LogP contribution in [0.2, 0.25) is 0 Å². The fourth-order valence-corrected chi connectivity index (χ4v) is 2.55. The minimum Gasteiger partial charge on any atom is -0.365 e. The van der Waals surface area contributed by atoms with Crippen LogP contribution >= 0.6 is 11.8 Å². The Balaban J connectivity index is 2.37. The predicted molar refractivity (Wildman–Crippen MR) is 58.1 cm³/mol. The van der Waals surface area contributed by atoms with Gasteiger partial charge in [0.05, 0.1) is 0 Å². The molecular formula is C9H10N4S. The molecule has 0 spiro atoms. The van der Waals surface area contributed by atoms with Crippen molar-refractivity contribution in [3.8, 4) is 0 Å². The van der Waals surface area contributed by atoms with Crippen LogP contribution in [-0.4, -0.2) is 4.99 Å². The van der Waals surface area contributed by atoms with Crippen LogP contribution in [-0.2, 0) is 0 Å².